The molecule has 6 heteroatoms. The van der Waals surface area contributed by atoms with E-state index in [-0.39, 0.29) is 29.8 Å². The Bertz CT molecular complexity index is 966. The highest BCUT2D eigenvalue weighted by Crippen LogP contribution is 2.61. The van der Waals surface area contributed by atoms with Gasteiger partial charge in [0.2, 0.25) is 0 Å². The molecule has 4 rings (SSSR count). The summed E-state index contributed by atoms with van der Waals surface area (Å²) in [4.78, 5) is 26.7. The van der Waals surface area contributed by atoms with Crippen molar-refractivity contribution in [3.05, 3.63) is 65.2 Å². The van der Waals surface area contributed by atoms with Crippen molar-refractivity contribution < 1.29 is 23.8 Å². The third-order valence-corrected chi connectivity index (χ3v) is 5.78. The maximum atomic E-state index is 12.6. The zero-order chi connectivity index (χ0) is 22.2. The van der Waals surface area contributed by atoms with Gasteiger partial charge in [-0.1, -0.05) is 36.4 Å². The first-order valence-corrected chi connectivity index (χ1v) is 10.6. The van der Waals surface area contributed by atoms with Crippen molar-refractivity contribution >= 4 is 12.1 Å². The number of nitrogens with zero attached hydrogens (tertiary/aromatic N) is 1. The highest BCUT2D eigenvalue weighted by atomic mass is 16.6. The van der Waals surface area contributed by atoms with Gasteiger partial charge in [0.1, 0.15) is 18.0 Å². The van der Waals surface area contributed by atoms with Crippen LogP contribution in [0.4, 0.5) is 4.79 Å². The Labute approximate surface area is 183 Å². The summed E-state index contributed by atoms with van der Waals surface area (Å²) in [5, 5.41) is 0. The largest absolute Gasteiger partial charge is 0.491 e. The molecule has 3 atom stereocenters. The van der Waals surface area contributed by atoms with E-state index in [1.165, 1.54) is 7.11 Å². The molecule has 0 bridgehead atoms. The molecular weight excluding hydrogens is 394 g/mol. The van der Waals surface area contributed by atoms with Crippen LogP contribution in [-0.2, 0) is 20.8 Å². The van der Waals surface area contributed by atoms with E-state index in [2.05, 4.69) is 18.2 Å². The van der Waals surface area contributed by atoms with Crippen LogP contribution in [0.15, 0.2) is 48.5 Å². The number of carbonyl (C=O) groups excluding carboxylic acids is 2. The summed E-state index contributed by atoms with van der Waals surface area (Å²) >= 11 is 0. The molecule has 1 aliphatic heterocycles. The first-order chi connectivity index (χ1) is 14.8. The number of ether oxygens (including phenoxy) is 3. The Balaban J connectivity index is 1.60. The van der Waals surface area contributed by atoms with Crippen molar-refractivity contribution in [3.63, 3.8) is 0 Å². The number of hydrogen-bond acceptors (Lipinski definition) is 5. The molecule has 1 amide bonds. The molecule has 2 aromatic carbocycles. The maximum absolute atomic E-state index is 12.6. The van der Waals surface area contributed by atoms with Gasteiger partial charge in [-0.2, -0.15) is 0 Å². The van der Waals surface area contributed by atoms with E-state index in [0.717, 1.165) is 22.4 Å². The first kappa shape index (κ1) is 21.2. The molecule has 0 aromatic heterocycles. The predicted molar refractivity (Wildman–Crippen MR) is 116 cm³/mol. The molecule has 6 nitrogen and oxygen atoms in total. The Morgan fingerprint density at radius 1 is 1.03 bits per heavy atom. The van der Waals surface area contributed by atoms with Crippen molar-refractivity contribution in [1.29, 1.82) is 0 Å². The van der Waals surface area contributed by atoms with Gasteiger partial charge in [0.25, 0.3) is 0 Å². The summed E-state index contributed by atoms with van der Waals surface area (Å²) in [6.07, 6.45) is -0.352. The Morgan fingerprint density at radius 2 is 1.74 bits per heavy atom. The summed E-state index contributed by atoms with van der Waals surface area (Å²) in [7, 11) is 1.43. The van der Waals surface area contributed by atoms with E-state index in [9.17, 15) is 9.59 Å². The van der Waals surface area contributed by atoms with Gasteiger partial charge in [0.05, 0.1) is 26.1 Å². The van der Waals surface area contributed by atoms with Crippen LogP contribution < -0.4 is 4.74 Å². The molecule has 1 saturated carbocycles. The van der Waals surface area contributed by atoms with Crippen molar-refractivity contribution in [3.8, 4) is 5.75 Å². The van der Waals surface area contributed by atoms with Gasteiger partial charge in [0, 0.05) is 17.4 Å². The van der Waals surface area contributed by atoms with Crippen LogP contribution in [0.3, 0.4) is 0 Å². The van der Waals surface area contributed by atoms with Crippen molar-refractivity contribution in [1.82, 2.24) is 4.90 Å². The van der Waals surface area contributed by atoms with E-state index in [0.29, 0.717) is 19.7 Å². The molecule has 2 aromatic rings. The molecule has 1 heterocycles. The lowest BCUT2D eigenvalue weighted by Crippen LogP contribution is -2.37. The minimum atomic E-state index is -0.556. The highest BCUT2D eigenvalue weighted by Gasteiger charge is 2.57. The number of rotatable bonds is 3. The number of methoxy groups -OCH3 is 1. The van der Waals surface area contributed by atoms with Crippen molar-refractivity contribution in [2.75, 3.05) is 20.3 Å². The molecule has 1 fully saturated rings. The van der Waals surface area contributed by atoms with Crippen LogP contribution in [-0.4, -0.2) is 42.8 Å². The van der Waals surface area contributed by atoms with Gasteiger partial charge in [-0.15, -0.1) is 0 Å². The fourth-order valence-corrected chi connectivity index (χ4v) is 4.35. The summed E-state index contributed by atoms with van der Waals surface area (Å²) in [6, 6.07) is 16.1. The summed E-state index contributed by atoms with van der Waals surface area (Å²) in [6.45, 7) is 6.84. The molecule has 0 saturated heterocycles. The molecule has 164 valence electrons. The number of carbonyl (C=O) groups is 2. The van der Waals surface area contributed by atoms with Crippen LogP contribution in [0.5, 0.6) is 5.75 Å². The van der Waals surface area contributed by atoms with Crippen LogP contribution in [0, 0.1) is 5.92 Å². The van der Waals surface area contributed by atoms with Gasteiger partial charge in [-0.25, -0.2) is 4.79 Å². The quantitative estimate of drug-likeness (QED) is 0.681. The molecule has 2 aliphatic rings. The van der Waals surface area contributed by atoms with E-state index in [1.54, 1.807) is 4.90 Å². The van der Waals surface area contributed by atoms with E-state index >= 15 is 0 Å². The van der Waals surface area contributed by atoms with Crippen molar-refractivity contribution in [2.24, 2.45) is 5.92 Å². The van der Waals surface area contributed by atoms with Gasteiger partial charge < -0.3 is 19.1 Å². The number of benzene rings is 2. The SMILES string of the molecule is COC(=O)[C@@H]1[C@H](c2ccccc2)[C@H]1c1ccc2c(c1)CN(C(=O)OC(C)(C)C)CCO2. The standard InChI is InChI=1S/C25H29NO5/c1-25(2,3)31-24(28)26-12-13-30-19-11-10-17(14-18(19)15-26)21-20(22(21)23(27)29-4)16-8-6-5-7-9-16/h5-11,14,20-22H,12-13,15H2,1-4H3/t20-,21-,22-/m1/s1. The monoisotopic (exact) mass is 423 g/mol. The molecule has 0 N–H and O–H groups in total. The molecule has 0 spiro atoms. The van der Waals surface area contributed by atoms with E-state index in [4.69, 9.17) is 14.2 Å². The zero-order valence-electron chi connectivity index (χ0n) is 18.5. The highest BCUT2D eigenvalue weighted by molar-refractivity contribution is 5.80. The second kappa shape index (κ2) is 8.25. The lowest BCUT2D eigenvalue weighted by atomic mass is 10.0. The van der Waals surface area contributed by atoms with Gasteiger partial charge >= 0.3 is 12.1 Å². The third-order valence-electron chi connectivity index (χ3n) is 5.78. The molecular formula is C25H29NO5. The number of hydrogen-bond donors (Lipinski definition) is 0. The van der Waals surface area contributed by atoms with Crippen LogP contribution >= 0.6 is 0 Å². The van der Waals surface area contributed by atoms with Crippen LogP contribution in [0.2, 0.25) is 0 Å². The van der Waals surface area contributed by atoms with Gasteiger partial charge in [0.15, 0.2) is 0 Å². The third kappa shape index (κ3) is 4.53. The second-order valence-electron chi connectivity index (χ2n) is 9.13. The second-order valence-corrected chi connectivity index (χ2v) is 9.13. The minimum Gasteiger partial charge on any atom is -0.491 e. The summed E-state index contributed by atoms with van der Waals surface area (Å²) < 4.78 is 16.5. The van der Waals surface area contributed by atoms with Crippen molar-refractivity contribution in [2.45, 2.75) is 44.8 Å². The minimum absolute atomic E-state index is 0.0402. The lowest BCUT2D eigenvalue weighted by molar-refractivity contribution is -0.142. The van der Waals surface area contributed by atoms with E-state index < -0.39 is 5.60 Å². The number of amides is 1. The lowest BCUT2D eigenvalue weighted by Gasteiger charge is -2.26. The molecule has 0 unspecified atom stereocenters. The van der Waals surface area contributed by atoms with Crippen LogP contribution in [0.1, 0.15) is 49.3 Å². The number of fused-ring (bicyclic) bond motifs is 1. The Kier molecular flexibility index (Phi) is 5.65. The normalized spacial score (nSPS) is 22.6. The van der Waals surface area contributed by atoms with E-state index in [1.807, 2.05) is 51.1 Å². The number of esters is 1. The average Bonchev–Trinajstić information content (AvgIpc) is 3.51. The Morgan fingerprint density at radius 3 is 2.42 bits per heavy atom. The van der Waals surface area contributed by atoms with Crippen LogP contribution in [0.25, 0.3) is 0 Å². The zero-order valence-corrected chi connectivity index (χ0v) is 18.5. The first-order valence-electron chi connectivity index (χ1n) is 10.6. The molecule has 31 heavy (non-hydrogen) atoms. The maximum Gasteiger partial charge on any atom is 0.410 e. The molecule has 0 radical (unpaired) electrons. The summed E-state index contributed by atoms with van der Waals surface area (Å²) in [5.41, 5.74) is 2.55. The summed E-state index contributed by atoms with van der Waals surface area (Å²) in [5.74, 6) is 0.486. The molecule has 1 aliphatic carbocycles. The average molecular weight is 424 g/mol. The fraction of sp³-hybridized carbons (Fsp3) is 0.440. The van der Waals surface area contributed by atoms with Gasteiger partial charge in [-0.05, 0) is 44.0 Å². The fourth-order valence-electron chi connectivity index (χ4n) is 4.35. The predicted octanol–water partition coefficient (Wildman–Crippen LogP) is 4.49. The Hall–Kier alpha value is -3.02. The van der Waals surface area contributed by atoms with Gasteiger partial charge in [-0.3, -0.25) is 4.79 Å². The topological polar surface area (TPSA) is 65.1 Å². The smallest absolute Gasteiger partial charge is 0.410 e.